The van der Waals surface area contributed by atoms with Crippen LogP contribution < -0.4 is 5.43 Å². The van der Waals surface area contributed by atoms with Crippen LogP contribution in [0.25, 0.3) is 16.3 Å². The van der Waals surface area contributed by atoms with Crippen LogP contribution in [0, 0.1) is 0 Å². The van der Waals surface area contributed by atoms with Crippen molar-refractivity contribution in [3.8, 4) is 0 Å². The highest BCUT2D eigenvalue weighted by atomic mass is 79.9. The number of thiazole rings is 1. The minimum absolute atomic E-state index is 0.00544. The number of nitrogens with one attached hydrogen (secondary N) is 1. The molecule has 1 fully saturated rings. The summed E-state index contributed by atoms with van der Waals surface area (Å²) in [4.78, 5) is 31.2. The van der Waals surface area contributed by atoms with Crippen molar-refractivity contribution in [1.29, 1.82) is 0 Å². The second-order valence-corrected chi connectivity index (χ2v) is 12.8. The van der Waals surface area contributed by atoms with Crippen LogP contribution in [0.15, 0.2) is 91.0 Å². The molecule has 1 aliphatic heterocycles. The molecule has 4 aromatic rings. The fourth-order valence-corrected chi connectivity index (χ4v) is 7.06. The van der Waals surface area contributed by atoms with Crippen molar-refractivity contribution in [1.82, 2.24) is 15.4 Å². The summed E-state index contributed by atoms with van der Waals surface area (Å²) < 4.78 is 3.67. The van der Waals surface area contributed by atoms with Gasteiger partial charge in [0.15, 0.2) is 4.34 Å². The lowest BCUT2D eigenvalue weighted by atomic mass is 10.2. The average Bonchev–Trinajstić information content (AvgIpc) is 3.40. The SMILES string of the molecule is O=C(CNN1C(=O)/C(=C\c2ccc(Br)cc2)SC1c1ccc(Br)cc1)Sc1nc2ccccc2s1. The van der Waals surface area contributed by atoms with Gasteiger partial charge in [0.05, 0.1) is 21.7 Å². The van der Waals surface area contributed by atoms with Crippen molar-refractivity contribution in [3.05, 3.63) is 97.8 Å². The molecule has 1 unspecified atom stereocenters. The second-order valence-electron chi connectivity index (χ2n) is 7.51. The zero-order valence-electron chi connectivity index (χ0n) is 18.0. The fraction of sp³-hybridized carbons (Fsp3) is 0.0800. The number of nitrogens with zero attached hydrogens (tertiary/aromatic N) is 2. The molecule has 0 radical (unpaired) electrons. The number of hydrazine groups is 1. The van der Waals surface area contributed by atoms with E-state index in [9.17, 15) is 9.59 Å². The van der Waals surface area contributed by atoms with Gasteiger partial charge in [-0.3, -0.25) is 14.6 Å². The van der Waals surface area contributed by atoms with E-state index in [1.807, 2.05) is 78.9 Å². The topological polar surface area (TPSA) is 62.3 Å². The Bertz CT molecular complexity index is 1390. The highest BCUT2D eigenvalue weighted by Crippen LogP contribution is 2.45. The average molecular weight is 647 g/mol. The maximum Gasteiger partial charge on any atom is 0.275 e. The zero-order valence-corrected chi connectivity index (χ0v) is 23.6. The van der Waals surface area contributed by atoms with Crippen molar-refractivity contribution in [3.63, 3.8) is 0 Å². The van der Waals surface area contributed by atoms with Crippen LogP contribution in [0.5, 0.6) is 0 Å². The summed E-state index contributed by atoms with van der Waals surface area (Å²) >= 11 is 11.0. The lowest BCUT2D eigenvalue weighted by Gasteiger charge is -2.23. The predicted octanol–water partition coefficient (Wildman–Crippen LogP) is 7.26. The number of para-hydroxylation sites is 1. The fourth-order valence-electron chi connectivity index (χ4n) is 3.43. The van der Waals surface area contributed by atoms with Gasteiger partial charge >= 0.3 is 0 Å². The molecule has 35 heavy (non-hydrogen) atoms. The lowest BCUT2D eigenvalue weighted by Crippen LogP contribution is -2.42. The summed E-state index contributed by atoms with van der Waals surface area (Å²) in [5, 5.41) is 1.15. The minimum Gasteiger partial charge on any atom is -0.285 e. The van der Waals surface area contributed by atoms with Gasteiger partial charge in [0.25, 0.3) is 5.91 Å². The Morgan fingerprint density at radius 1 is 1.03 bits per heavy atom. The molecule has 2 heterocycles. The summed E-state index contributed by atoms with van der Waals surface area (Å²) in [5.41, 5.74) is 5.86. The summed E-state index contributed by atoms with van der Waals surface area (Å²) in [6.45, 7) is 0.00544. The molecule has 1 aromatic heterocycles. The Morgan fingerprint density at radius 2 is 1.71 bits per heavy atom. The maximum atomic E-state index is 13.3. The number of amides is 1. The number of hydrogen-bond donors (Lipinski definition) is 1. The Morgan fingerprint density at radius 3 is 2.43 bits per heavy atom. The van der Waals surface area contributed by atoms with E-state index in [4.69, 9.17) is 0 Å². The van der Waals surface area contributed by atoms with Gasteiger partial charge in [0, 0.05) is 8.95 Å². The first-order chi connectivity index (χ1) is 17.0. The van der Waals surface area contributed by atoms with Gasteiger partial charge in [-0.1, -0.05) is 80.0 Å². The molecule has 0 spiro atoms. The third kappa shape index (κ3) is 5.90. The van der Waals surface area contributed by atoms with E-state index in [1.54, 1.807) is 5.01 Å². The minimum atomic E-state index is -0.294. The molecule has 0 bridgehead atoms. The number of benzene rings is 3. The first-order valence-corrected chi connectivity index (χ1v) is 14.6. The molecule has 0 saturated carbocycles. The van der Waals surface area contributed by atoms with Gasteiger partial charge in [-0.2, -0.15) is 0 Å². The largest absolute Gasteiger partial charge is 0.285 e. The van der Waals surface area contributed by atoms with Gasteiger partial charge in [-0.25, -0.2) is 10.4 Å². The summed E-state index contributed by atoms with van der Waals surface area (Å²) in [6, 6.07) is 23.4. The molecular formula is C25H17Br2N3O2S3. The van der Waals surface area contributed by atoms with Gasteiger partial charge in [0.2, 0.25) is 5.12 Å². The normalized spacial score (nSPS) is 17.0. The molecule has 3 aromatic carbocycles. The summed E-state index contributed by atoms with van der Waals surface area (Å²) in [6.07, 6.45) is 1.88. The lowest BCUT2D eigenvalue weighted by molar-refractivity contribution is -0.129. The third-order valence-corrected chi connectivity index (χ3v) is 9.37. The van der Waals surface area contributed by atoms with E-state index >= 15 is 0 Å². The Balaban J connectivity index is 1.33. The number of aromatic nitrogens is 1. The Kier molecular flexibility index (Phi) is 7.76. The maximum absolute atomic E-state index is 13.3. The number of thioether (sulfide) groups is 2. The number of carbonyl (C=O) groups excluding carboxylic acids is 2. The van der Waals surface area contributed by atoms with Gasteiger partial charge < -0.3 is 0 Å². The number of carbonyl (C=O) groups is 2. The van der Waals surface area contributed by atoms with E-state index in [1.165, 1.54) is 23.1 Å². The molecule has 1 N–H and O–H groups in total. The zero-order chi connectivity index (χ0) is 24.4. The number of fused-ring (bicyclic) bond motifs is 1. The highest BCUT2D eigenvalue weighted by Gasteiger charge is 2.37. The van der Waals surface area contributed by atoms with E-state index in [0.29, 0.717) is 9.24 Å². The standard InChI is InChI=1S/C25H17Br2N3O2S3/c26-17-9-5-15(6-10-17)13-21-23(32)30(24(33-21)16-7-11-18(27)12-8-16)28-14-22(31)35-25-29-19-3-1-2-4-20(19)34-25/h1-13,24,28H,14H2/b21-13+. The van der Waals surface area contributed by atoms with Crippen LogP contribution >= 0.6 is 66.7 Å². The van der Waals surface area contributed by atoms with Crippen LogP contribution in [-0.2, 0) is 9.59 Å². The molecule has 5 nitrogen and oxygen atoms in total. The number of rotatable bonds is 6. The van der Waals surface area contributed by atoms with Crippen LogP contribution in [0.1, 0.15) is 16.5 Å². The highest BCUT2D eigenvalue weighted by molar-refractivity contribution is 9.10. The molecule has 10 heteroatoms. The van der Waals surface area contributed by atoms with Gasteiger partial charge in [0.1, 0.15) is 5.37 Å². The quantitative estimate of drug-likeness (QED) is 0.176. The molecule has 1 saturated heterocycles. The van der Waals surface area contributed by atoms with Crippen molar-refractivity contribution >= 4 is 94.0 Å². The molecule has 0 aliphatic carbocycles. The van der Waals surface area contributed by atoms with Crippen LogP contribution in [0.4, 0.5) is 0 Å². The molecule has 1 aliphatic rings. The van der Waals surface area contributed by atoms with Gasteiger partial charge in [-0.15, -0.1) is 11.3 Å². The van der Waals surface area contributed by atoms with E-state index in [-0.39, 0.29) is 22.9 Å². The van der Waals surface area contributed by atoms with Crippen molar-refractivity contribution in [2.24, 2.45) is 0 Å². The molecule has 1 atom stereocenters. The van der Waals surface area contributed by atoms with Crippen LogP contribution in [0.2, 0.25) is 0 Å². The van der Waals surface area contributed by atoms with Crippen molar-refractivity contribution < 1.29 is 9.59 Å². The van der Waals surface area contributed by atoms with Crippen molar-refractivity contribution in [2.45, 2.75) is 9.71 Å². The predicted molar refractivity (Wildman–Crippen MR) is 152 cm³/mol. The van der Waals surface area contributed by atoms with E-state index in [0.717, 1.165) is 42.1 Å². The van der Waals surface area contributed by atoms with Crippen LogP contribution in [-0.4, -0.2) is 27.6 Å². The smallest absolute Gasteiger partial charge is 0.275 e. The van der Waals surface area contributed by atoms with Gasteiger partial charge in [-0.05, 0) is 65.4 Å². The molecule has 176 valence electrons. The molecule has 1 amide bonds. The number of hydrogen-bond acceptors (Lipinski definition) is 7. The monoisotopic (exact) mass is 645 g/mol. The van der Waals surface area contributed by atoms with E-state index < -0.39 is 0 Å². The first kappa shape index (κ1) is 24.7. The second kappa shape index (κ2) is 11.0. The summed E-state index contributed by atoms with van der Waals surface area (Å²) in [7, 11) is 0. The van der Waals surface area contributed by atoms with Crippen LogP contribution in [0.3, 0.4) is 0 Å². The van der Waals surface area contributed by atoms with E-state index in [2.05, 4.69) is 42.3 Å². The molecular weight excluding hydrogens is 630 g/mol. The molecule has 5 rings (SSSR count). The Labute approximate surface area is 231 Å². The Hall–Kier alpha value is -1.95. The summed E-state index contributed by atoms with van der Waals surface area (Å²) in [5.74, 6) is -0.163. The number of halogens is 2. The first-order valence-electron chi connectivity index (χ1n) is 10.5. The third-order valence-electron chi connectivity index (χ3n) is 5.09. The van der Waals surface area contributed by atoms with Crippen molar-refractivity contribution in [2.75, 3.05) is 6.54 Å².